The number of unbranched alkanes of at least 4 members (excludes halogenated alkanes) is 2. The van der Waals surface area contributed by atoms with Crippen molar-refractivity contribution in [1.29, 1.82) is 0 Å². The molecule has 27 heavy (non-hydrogen) atoms. The molecule has 1 N–H and O–H groups in total. The molecule has 0 radical (unpaired) electrons. The molecule has 0 spiro atoms. The van der Waals surface area contributed by atoms with Gasteiger partial charge in [-0.25, -0.2) is 0 Å². The molecule has 1 atom stereocenters. The summed E-state index contributed by atoms with van der Waals surface area (Å²) in [5.74, 6) is 1.55. The maximum Gasteiger partial charge on any atom is 0.127 e. The van der Waals surface area contributed by atoms with Gasteiger partial charge >= 0.3 is 0 Å². The molecule has 0 aliphatic carbocycles. The minimum Gasteiger partial charge on any atom is -0.493 e. The molecule has 2 nitrogen and oxygen atoms in total. The fourth-order valence-corrected chi connectivity index (χ4v) is 2.89. The van der Waals surface area contributed by atoms with Crippen molar-refractivity contribution in [3.05, 3.63) is 66.8 Å². The quantitative estimate of drug-likeness (QED) is 0.221. The van der Waals surface area contributed by atoms with Gasteiger partial charge in [0.05, 0.1) is 11.6 Å². The zero-order chi connectivity index (χ0) is 19.5. The lowest BCUT2D eigenvalue weighted by atomic mass is 10.1. The summed E-state index contributed by atoms with van der Waals surface area (Å²) in [6.07, 6.45) is 11.4. The van der Waals surface area contributed by atoms with Crippen molar-refractivity contribution in [2.24, 2.45) is 5.92 Å². The Balaban J connectivity index is 1.62. The largest absolute Gasteiger partial charge is 0.493 e. The van der Waals surface area contributed by atoms with Crippen LogP contribution in [0.15, 0.2) is 66.8 Å². The average Bonchev–Trinajstić information content (AvgIpc) is 2.66. The normalized spacial score (nSPS) is 12.9. The van der Waals surface area contributed by atoms with E-state index in [9.17, 15) is 0 Å². The second kappa shape index (κ2) is 11.6. The van der Waals surface area contributed by atoms with Crippen LogP contribution in [-0.2, 0) is 0 Å². The smallest absolute Gasteiger partial charge is 0.127 e. The predicted molar refractivity (Wildman–Crippen MR) is 122 cm³/mol. The minimum absolute atomic E-state index is 0.396. The van der Waals surface area contributed by atoms with Gasteiger partial charge in [0.2, 0.25) is 0 Å². The van der Waals surface area contributed by atoms with Crippen molar-refractivity contribution in [2.75, 3.05) is 6.61 Å². The third kappa shape index (κ3) is 7.56. The molecule has 0 bridgehead atoms. The van der Waals surface area contributed by atoms with Crippen LogP contribution in [0, 0.1) is 5.92 Å². The summed E-state index contributed by atoms with van der Waals surface area (Å²) in [7, 11) is 0. The maximum absolute atomic E-state index is 5.97. The van der Waals surface area contributed by atoms with Gasteiger partial charge in [-0.15, -0.1) is 0 Å². The highest BCUT2D eigenvalue weighted by Crippen LogP contribution is 2.25. The lowest BCUT2D eigenvalue weighted by molar-refractivity contribution is 0.311. The first kappa shape index (κ1) is 21.2. The van der Waals surface area contributed by atoms with Gasteiger partial charge in [0.1, 0.15) is 5.75 Å². The fraction of sp³-hybridized carbons (Fsp3) is 0.375. The summed E-state index contributed by atoms with van der Waals surface area (Å²) >= 11 is 5.32. The molecule has 0 aliphatic heterocycles. The van der Waals surface area contributed by atoms with Crippen LogP contribution in [0.25, 0.3) is 10.8 Å². The zero-order valence-corrected chi connectivity index (χ0v) is 17.5. The Morgan fingerprint density at radius 2 is 1.81 bits per heavy atom. The summed E-state index contributed by atoms with van der Waals surface area (Å²) in [6.45, 7) is 7.28. The van der Waals surface area contributed by atoms with Crippen LogP contribution in [0.3, 0.4) is 0 Å². The van der Waals surface area contributed by atoms with Crippen molar-refractivity contribution < 1.29 is 4.74 Å². The van der Waals surface area contributed by atoms with E-state index in [0.29, 0.717) is 12.0 Å². The van der Waals surface area contributed by atoms with Crippen molar-refractivity contribution in [2.45, 2.75) is 46.1 Å². The van der Waals surface area contributed by atoms with Crippen molar-refractivity contribution in [1.82, 2.24) is 5.32 Å². The molecule has 144 valence electrons. The third-order valence-electron chi connectivity index (χ3n) is 4.64. The Bertz CT molecular complexity index is 774. The minimum atomic E-state index is 0.396. The van der Waals surface area contributed by atoms with Gasteiger partial charge in [-0.2, -0.15) is 0 Å². The third-order valence-corrected chi connectivity index (χ3v) is 4.89. The average molecular weight is 382 g/mol. The molecular weight excluding hydrogens is 350 g/mol. The van der Waals surface area contributed by atoms with E-state index in [1.54, 1.807) is 0 Å². The van der Waals surface area contributed by atoms with Crippen LogP contribution >= 0.6 is 12.2 Å². The number of thiocarbonyl (C=S) groups is 1. The summed E-state index contributed by atoms with van der Waals surface area (Å²) in [5, 5.41) is 5.72. The highest BCUT2D eigenvalue weighted by atomic mass is 32.1. The molecule has 0 saturated carbocycles. The van der Waals surface area contributed by atoms with E-state index in [2.05, 4.69) is 68.6 Å². The first-order valence-corrected chi connectivity index (χ1v) is 10.2. The van der Waals surface area contributed by atoms with Gasteiger partial charge in [0.25, 0.3) is 0 Å². The highest BCUT2D eigenvalue weighted by Gasteiger charge is 2.05. The van der Waals surface area contributed by atoms with Crippen molar-refractivity contribution >= 4 is 28.0 Å². The topological polar surface area (TPSA) is 21.3 Å². The number of hydrogen-bond donors (Lipinski definition) is 1. The second-order valence-corrected chi connectivity index (χ2v) is 7.59. The molecule has 0 saturated heterocycles. The number of ether oxygens (including phenoxy) is 1. The molecule has 0 heterocycles. The zero-order valence-electron chi connectivity index (χ0n) is 16.7. The molecular formula is C24H31NOS. The Hall–Kier alpha value is -2.13. The first-order chi connectivity index (χ1) is 13.1. The van der Waals surface area contributed by atoms with E-state index in [1.165, 1.54) is 10.8 Å². The standard InChI is InChI=1S/C24H31NOS/c1-19(2)20(3)25-24(27)17-8-6-4-5-7-11-18-26-23-16-12-14-21-13-9-10-15-22(21)23/h4,6,8-10,12-17,19-20H,5,7,11,18H2,1-3H3,(H,25,27)/b6-4+,17-8+. The molecule has 0 aromatic heterocycles. The molecule has 3 heteroatoms. The van der Waals surface area contributed by atoms with Gasteiger partial charge in [-0.3, -0.25) is 0 Å². The summed E-state index contributed by atoms with van der Waals surface area (Å²) in [5.41, 5.74) is 0. The van der Waals surface area contributed by atoms with Crippen LogP contribution in [0.5, 0.6) is 5.75 Å². The number of fused-ring (bicyclic) bond motifs is 1. The van der Waals surface area contributed by atoms with Crippen LogP contribution in [0.1, 0.15) is 40.0 Å². The lowest BCUT2D eigenvalue weighted by Gasteiger charge is -2.17. The molecule has 2 aromatic rings. The number of benzene rings is 2. The Morgan fingerprint density at radius 1 is 1.04 bits per heavy atom. The fourth-order valence-electron chi connectivity index (χ4n) is 2.62. The van der Waals surface area contributed by atoms with Gasteiger partial charge < -0.3 is 10.1 Å². The Labute approximate surface area is 169 Å². The SMILES string of the molecule is CC(C)C(C)NC(=S)/C=C/C=C/CCCCOc1cccc2ccccc12. The molecule has 0 amide bonds. The Morgan fingerprint density at radius 3 is 2.63 bits per heavy atom. The van der Waals surface area contributed by atoms with E-state index >= 15 is 0 Å². The van der Waals surface area contributed by atoms with Gasteiger partial charge in [-0.05, 0) is 49.6 Å². The predicted octanol–water partition coefficient (Wildman–Crippen LogP) is 6.46. The van der Waals surface area contributed by atoms with Crippen LogP contribution in [0.4, 0.5) is 0 Å². The summed E-state index contributed by atoms with van der Waals surface area (Å²) < 4.78 is 5.97. The number of nitrogens with one attached hydrogen (secondary N) is 1. The van der Waals surface area contributed by atoms with E-state index in [1.807, 2.05) is 24.3 Å². The Kier molecular flexibility index (Phi) is 9.06. The molecule has 1 unspecified atom stereocenters. The van der Waals surface area contributed by atoms with Crippen LogP contribution < -0.4 is 10.1 Å². The molecule has 2 aromatic carbocycles. The highest BCUT2D eigenvalue weighted by molar-refractivity contribution is 7.80. The molecule has 0 fully saturated rings. The monoisotopic (exact) mass is 381 g/mol. The van der Waals surface area contributed by atoms with Crippen LogP contribution in [-0.4, -0.2) is 17.6 Å². The summed E-state index contributed by atoms with van der Waals surface area (Å²) in [6, 6.07) is 14.9. The van der Waals surface area contributed by atoms with E-state index in [0.717, 1.165) is 36.6 Å². The molecule has 0 aliphatic rings. The lowest BCUT2D eigenvalue weighted by Crippen LogP contribution is -2.33. The van der Waals surface area contributed by atoms with E-state index in [-0.39, 0.29) is 0 Å². The van der Waals surface area contributed by atoms with Gasteiger partial charge in [-0.1, -0.05) is 80.7 Å². The molecule has 2 rings (SSSR count). The number of rotatable bonds is 10. The van der Waals surface area contributed by atoms with Crippen LogP contribution in [0.2, 0.25) is 0 Å². The second-order valence-electron chi connectivity index (χ2n) is 7.15. The van der Waals surface area contributed by atoms with E-state index in [4.69, 9.17) is 17.0 Å². The van der Waals surface area contributed by atoms with Gasteiger partial charge in [0.15, 0.2) is 0 Å². The summed E-state index contributed by atoms with van der Waals surface area (Å²) in [4.78, 5) is 0.796. The van der Waals surface area contributed by atoms with Crippen molar-refractivity contribution in [3.63, 3.8) is 0 Å². The van der Waals surface area contributed by atoms with Gasteiger partial charge in [0, 0.05) is 11.4 Å². The maximum atomic E-state index is 5.97. The van der Waals surface area contributed by atoms with E-state index < -0.39 is 0 Å². The first-order valence-electron chi connectivity index (χ1n) is 9.82. The number of hydrogen-bond acceptors (Lipinski definition) is 2. The number of allylic oxidation sites excluding steroid dienone is 3. The van der Waals surface area contributed by atoms with Crippen molar-refractivity contribution in [3.8, 4) is 5.75 Å².